The Bertz CT molecular complexity index is 490. The van der Waals surface area contributed by atoms with Crippen LogP contribution in [0.3, 0.4) is 0 Å². The van der Waals surface area contributed by atoms with Gasteiger partial charge in [-0.3, -0.25) is 4.79 Å². The third kappa shape index (κ3) is 1.28. The molecule has 0 aliphatic heterocycles. The Morgan fingerprint density at radius 1 is 1.50 bits per heavy atom. The van der Waals surface area contributed by atoms with Gasteiger partial charge in [0.25, 0.3) is 0 Å². The second kappa shape index (κ2) is 3.38. The quantitative estimate of drug-likeness (QED) is 0.712. The van der Waals surface area contributed by atoms with Crippen molar-refractivity contribution in [3.05, 3.63) is 28.9 Å². The number of carbonyl (C=O) groups is 1. The SMILES string of the molecule is COc1csc2cc(F)c(C=O)cc12. The van der Waals surface area contributed by atoms with E-state index in [2.05, 4.69) is 0 Å². The predicted molar refractivity (Wildman–Crippen MR) is 53.7 cm³/mol. The van der Waals surface area contributed by atoms with E-state index >= 15 is 0 Å². The second-order valence-corrected chi connectivity index (χ2v) is 3.70. The first-order valence-electron chi connectivity index (χ1n) is 3.96. The number of ether oxygens (including phenoxy) is 1. The number of benzene rings is 1. The number of hydrogen-bond donors (Lipinski definition) is 0. The van der Waals surface area contributed by atoms with Crippen molar-refractivity contribution in [1.29, 1.82) is 0 Å². The molecule has 0 atom stereocenters. The van der Waals surface area contributed by atoms with Crippen molar-refractivity contribution < 1.29 is 13.9 Å². The summed E-state index contributed by atoms with van der Waals surface area (Å²) in [5.41, 5.74) is 0.0641. The fourth-order valence-electron chi connectivity index (χ4n) is 1.29. The van der Waals surface area contributed by atoms with Gasteiger partial charge in [0, 0.05) is 15.5 Å². The van der Waals surface area contributed by atoms with Gasteiger partial charge in [-0.2, -0.15) is 0 Å². The number of hydrogen-bond acceptors (Lipinski definition) is 3. The predicted octanol–water partition coefficient (Wildman–Crippen LogP) is 2.86. The Hall–Kier alpha value is -1.42. The number of methoxy groups -OCH3 is 1. The molecule has 0 radical (unpaired) electrons. The van der Waals surface area contributed by atoms with Gasteiger partial charge in [0.05, 0.1) is 12.7 Å². The van der Waals surface area contributed by atoms with Gasteiger partial charge in [-0.25, -0.2) is 4.39 Å². The highest BCUT2D eigenvalue weighted by Crippen LogP contribution is 2.33. The molecule has 14 heavy (non-hydrogen) atoms. The molecule has 0 unspecified atom stereocenters. The third-order valence-electron chi connectivity index (χ3n) is 2.00. The highest BCUT2D eigenvalue weighted by atomic mass is 32.1. The van der Waals surface area contributed by atoms with Crippen LogP contribution in [0.15, 0.2) is 17.5 Å². The molecule has 0 saturated carbocycles. The van der Waals surface area contributed by atoms with E-state index in [1.54, 1.807) is 12.5 Å². The molecule has 72 valence electrons. The summed E-state index contributed by atoms with van der Waals surface area (Å²) in [6, 6.07) is 2.86. The molecule has 4 heteroatoms. The van der Waals surface area contributed by atoms with Crippen LogP contribution in [0.1, 0.15) is 10.4 Å². The van der Waals surface area contributed by atoms with Gasteiger partial charge in [0.1, 0.15) is 11.6 Å². The maximum absolute atomic E-state index is 13.2. The number of rotatable bonds is 2. The van der Waals surface area contributed by atoms with Crippen LogP contribution in [-0.2, 0) is 0 Å². The van der Waals surface area contributed by atoms with E-state index in [1.807, 2.05) is 0 Å². The van der Waals surface area contributed by atoms with E-state index in [4.69, 9.17) is 4.74 Å². The molecule has 0 aliphatic rings. The van der Waals surface area contributed by atoms with E-state index in [9.17, 15) is 9.18 Å². The highest BCUT2D eigenvalue weighted by molar-refractivity contribution is 7.17. The molecule has 2 nitrogen and oxygen atoms in total. The average Bonchev–Trinajstić information content (AvgIpc) is 2.58. The minimum Gasteiger partial charge on any atom is -0.495 e. The molecule has 1 aromatic heterocycles. The Kier molecular flexibility index (Phi) is 2.21. The van der Waals surface area contributed by atoms with Crippen LogP contribution in [0, 0.1) is 5.82 Å². The number of aldehydes is 1. The summed E-state index contributed by atoms with van der Waals surface area (Å²) in [7, 11) is 1.55. The summed E-state index contributed by atoms with van der Waals surface area (Å²) in [4.78, 5) is 10.5. The van der Waals surface area contributed by atoms with Crippen LogP contribution in [-0.4, -0.2) is 13.4 Å². The van der Waals surface area contributed by atoms with Crippen LogP contribution in [0.2, 0.25) is 0 Å². The van der Waals surface area contributed by atoms with Gasteiger partial charge in [0.15, 0.2) is 6.29 Å². The van der Waals surface area contributed by atoms with Gasteiger partial charge in [-0.05, 0) is 12.1 Å². The number of carbonyl (C=O) groups excluding carboxylic acids is 1. The van der Waals surface area contributed by atoms with Gasteiger partial charge in [-0.15, -0.1) is 11.3 Å². The zero-order valence-corrected chi connectivity index (χ0v) is 8.23. The Morgan fingerprint density at radius 2 is 2.29 bits per heavy atom. The molecule has 0 bridgehead atoms. The smallest absolute Gasteiger partial charge is 0.153 e. The first-order valence-corrected chi connectivity index (χ1v) is 4.84. The normalized spacial score (nSPS) is 10.4. The van der Waals surface area contributed by atoms with Gasteiger partial charge in [-0.1, -0.05) is 0 Å². The van der Waals surface area contributed by atoms with Crippen molar-refractivity contribution in [2.45, 2.75) is 0 Å². The molecule has 0 amide bonds. The molecular weight excluding hydrogens is 203 g/mol. The van der Waals surface area contributed by atoms with Crippen LogP contribution >= 0.6 is 11.3 Å². The zero-order valence-electron chi connectivity index (χ0n) is 7.41. The van der Waals surface area contributed by atoms with Gasteiger partial charge < -0.3 is 4.74 Å². The van der Waals surface area contributed by atoms with E-state index < -0.39 is 5.82 Å². The molecule has 0 spiro atoms. The molecule has 0 N–H and O–H groups in total. The molecule has 0 aliphatic carbocycles. The Balaban J connectivity index is 2.76. The summed E-state index contributed by atoms with van der Waals surface area (Å²) < 4.78 is 19.0. The monoisotopic (exact) mass is 210 g/mol. The Morgan fingerprint density at radius 3 is 2.93 bits per heavy atom. The van der Waals surface area contributed by atoms with Crippen molar-refractivity contribution >= 4 is 27.7 Å². The van der Waals surface area contributed by atoms with Crippen molar-refractivity contribution in [3.8, 4) is 5.75 Å². The lowest BCUT2D eigenvalue weighted by Gasteiger charge is -1.98. The van der Waals surface area contributed by atoms with Crippen molar-refractivity contribution in [1.82, 2.24) is 0 Å². The lowest BCUT2D eigenvalue weighted by Crippen LogP contribution is -1.87. The number of fused-ring (bicyclic) bond motifs is 1. The molecular formula is C10H7FO2S. The first kappa shape index (κ1) is 9.15. The van der Waals surface area contributed by atoms with Crippen molar-refractivity contribution in [2.24, 2.45) is 0 Å². The minimum atomic E-state index is -0.489. The van der Waals surface area contributed by atoms with Crippen molar-refractivity contribution in [2.75, 3.05) is 7.11 Å². The largest absolute Gasteiger partial charge is 0.495 e. The molecule has 1 heterocycles. The molecule has 0 fully saturated rings. The molecule has 2 rings (SSSR count). The van der Waals surface area contributed by atoms with Gasteiger partial charge in [0.2, 0.25) is 0 Å². The topological polar surface area (TPSA) is 26.3 Å². The van der Waals surface area contributed by atoms with Crippen LogP contribution in [0.4, 0.5) is 4.39 Å². The molecule has 0 saturated heterocycles. The van der Waals surface area contributed by atoms with Crippen molar-refractivity contribution in [3.63, 3.8) is 0 Å². The lowest BCUT2D eigenvalue weighted by atomic mass is 10.1. The average molecular weight is 210 g/mol. The van der Waals surface area contributed by atoms with Crippen LogP contribution in [0.25, 0.3) is 10.1 Å². The maximum Gasteiger partial charge on any atom is 0.153 e. The maximum atomic E-state index is 13.2. The highest BCUT2D eigenvalue weighted by Gasteiger charge is 2.09. The summed E-state index contributed by atoms with van der Waals surface area (Å²) in [6.45, 7) is 0. The number of halogens is 1. The number of thiophene rings is 1. The molecule has 1 aromatic carbocycles. The summed E-state index contributed by atoms with van der Waals surface area (Å²) in [5, 5.41) is 2.57. The molecule has 2 aromatic rings. The zero-order chi connectivity index (χ0) is 10.1. The lowest BCUT2D eigenvalue weighted by molar-refractivity contribution is 0.112. The van der Waals surface area contributed by atoms with E-state index in [1.165, 1.54) is 23.5 Å². The second-order valence-electron chi connectivity index (χ2n) is 2.79. The van der Waals surface area contributed by atoms with E-state index in [-0.39, 0.29) is 5.56 Å². The fourth-order valence-corrected chi connectivity index (χ4v) is 2.21. The standard InChI is InChI=1S/C10H7FO2S/c1-13-9-5-14-10-3-8(11)6(4-12)2-7(9)10/h2-5H,1H3. The van der Waals surface area contributed by atoms with E-state index in [0.717, 1.165) is 10.1 Å². The van der Waals surface area contributed by atoms with Crippen LogP contribution in [0.5, 0.6) is 5.75 Å². The fraction of sp³-hybridized carbons (Fsp3) is 0.100. The van der Waals surface area contributed by atoms with Gasteiger partial charge >= 0.3 is 0 Å². The van der Waals surface area contributed by atoms with E-state index in [0.29, 0.717) is 12.0 Å². The summed E-state index contributed by atoms with van der Waals surface area (Å²) >= 11 is 1.39. The Labute approximate surface area is 83.9 Å². The summed E-state index contributed by atoms with van der Waals surface area (Å²) in [5.74, 6) is 0.185. The minimum absolute atomic E-state index is 0.0641. The third-order valence-corrected chi connectivity index (χ3v) is 2.93. The summed E-state index contributed by atoms with van der Waals surface area (Å²) in [6.07, 6.45) is 0.506. The first-order chi connectivity index (χ1) is 6.76. The van der Waals surface area contributed by atoms with Crippen LogP contribution < -0.4 is 4.74 Å².